The van der Waals surface area contributed by atoms with Gasteiger partial charge in [-0.15, -0.1) is 12.4 Å². The van der Waals surface area contributed by atoms with Crippen LogP contribution in [0.3, 0.4) is 0 Å². The van der Waals surface area contributed by atoms with E-state index in [0.29, 0.717) is 6.54 Å². The molecule has 0 bridgehead atoms. The summed E-state index contributed by atoms with van der Waals surface area (Å²) in [5.41, 5.74) is -0.0464. The number of carbonyl (C=O) groups is 1. The first-order valence-corrected chi connectivity index (χ1v) is 5.93. The third-order valence-electron chi connectivity index (χ3n) is 3.02. The Hall–Kier alpha value is -1.66. The highest BCUT2D eigenvalue weighted by atomic mass is 35.5. The SMILES string of the molecule is Cl.O=C(NCC1CCCN1)c1ccccc1[N+](=O)[O-]. The minimum atomic E-state index is -0.539. The van der Waals surface area contributed by atoms with Crippen LogP contribution in [-0.4, -0.2) is 30.0 Å². The maximum atomic E-state index is 11.9. The Kier molecular flexibility index (Phi) is 5.72. The summed E-state index contributed by atoms with van der Waals surface area (Å²) >= 11 is 0. The van der Waals surface area contributed by atoms with Gasteiger partial charge >= 0.3 is 0 Å². The van der Waals surface area contributed by atoms with Crippen molar-refractivity contribution in [2.75, 3.05) is 13.1 Å². The molecule has 1 unspecified atom stereocenters. The van der Waals surface area contributed by atoms with Gasteiger partial charge < -0.3 is 10.6 Å². The Morgan fingerprint density at radius 1 is 1.47 bits per heavy atom. The first-order chi connectivity index (χ1) is 8.68. The van der Waals surface area contributed by atoms with Crippen molar-refractivity contribution >= 4 is 24.0 Å². The molecule has 0 saturated carbocycles. The van der Waals surface area contributed by atoms with Crippen LogP contribution in [0.1, 0.15) is 23.2 Å². The molecule has 1 aromatic rings. The predicted molar refractivity (Wildman–Crippen MR) is 73.7 cm³/mol. The van der Waals surface area contributed by atoms with Gasteiger partial charge in [0.15, 0.2) is 0 Å². The van der Waals surface area contributed by atoms with E-state index in [0.717, 1.165) is 19.4 Å². The zero-order chi connectivity index (χ0) is 13.0. The molecule has 2 rings (SSSR count). The Morgan fingerprint density at radius 3 is 2.84 bits per heavy atom. The Labute approximate surface area is 117 Å². The van der Waals surface area contributed by atoms with Crippen molar-refractivity contribution in [3.05, 3.63) is 39.9 Å². The van der Waals surface area contributed by atoms with E-state index >= 15 is 0 Å². The molecule has 0 aliphatic carbocycles. The second kappa shape index (κ2) is 7.06. The number of para-hydroxylation sites is 1. The number of nitro groups is 1. The van der Waals surface area contributed by atoms with E-state index in [1.807, 2.05) is 0 Å². The molecule has 1 fully saturated rings. The Bertz CT molecular complexity index is 461. The van der Waals surface area contributed by atoms with Gasteiger partial charge in [-0.1, -0.05) is 12.1 Å². The minimum absolute atomic E-state index is 0. The lowest BCUT2D eigenvalue weighted by Gasteiger charge is -2.11. The number of carbonyl (C=O) groups excluding carboxylic acids is 1. The monoisotopic (exact) mass is 285 g/mol. The summed E-state index contributed by atoms with van der Waals surface area (Å²) in [6.45, 7) is 1.47. The lowest BCUT2D eigenvalue weighted by atomic mass is 10.1. The van der Waals surface area contributed by atoms with Gasteiger partial charge in [-0.3, -0.25) is 14.9 Å². The largest absolute Gasteiger partial charge is 0.350 e. The van der Waals surface area contributed by atoms with E-state index in [2.05, 4.69) is 10.6 Å². The number of amides is 1. The lowest BCUT2D eigenvalue weighted by Crippen LogP contribution is -2.37. The van der Waals surface area contributed by atoms with Gasteiger partial charge in [-0.25, -0.2) is 0 Å². The predicted octanol–water partition coefficient (Wildman–Crippen LogP) is 1.50. The van der Waals surface area contributed by atoms with Crippen molar-refractivity contribution in [3.63, 3.8) is 0 Å². The molecule has 1 aliphatic rings. The summed E-state index contributed by atoms with van der Waals surface area (Å²) in [7, 11) is 0. The van der Waals surface area contributed by atoms with Crippen LogP contribution in [0.15, 0.2) is 24.3 Å². The molecule has 6 nitrogen and oxygen atoms in total. The highest BCUT2D eigenvalue weighted by molar-refractivity contribution is 5.98. The summed E-state index contributed by atoms with van der Waals surface area (Å²) < 4.78 is 0. The molecule has 0 aromatic heterocycles. The van der Waals surface area contributed by atoms with E-state index in [1.54, 1.807) is 12.1 Å². The van der Waals surface area contributed by atoms with Gasteiger partial charge in [0.1, 0.15) is 5.56 Å². The Balaban J connectivity index is 0.00000180. The molecular weight excluding hydrogens is 270 g/mol. The molecule has 1 heterocycles. The maximum absolute atomic E-state index is 11.9. The summed E-state index contributed by atoms with van der Waals surface area (Å²) in [5, 5.41) is 16.8. The fourth-order valence-electron chi connectivity index (χ4n) is 2.07. The Morgan fingerprint density at radius 2 is 2.21 bits per heavy atom. The van der Waals surface area contributed by atoms with Crippen LogP contribution in [0, 0.1) is 10.1 Å². The highest BCUT2D eigenvalue weighted by Crippen LogP contribution is 2.17. The van der Waals surface area contributed by atoms with E-state index < -0.39 is 10.8 Å². The molecule has 1 saturated heterocycles. The summed E-state index contributed by atoms with van der Waals surface area (Å²) in [4.78, 5) is 22.1. The molecule has 19 heavy (non-hydrogen) atoms. The van der Waals surface area contributed by atoms with Crippen molar-refractivity contribution < 1.29 is 9.72 Å². The summed E-state index contributed by atoms with van der Waals surface area (Å²) in [5.74, 6) is -0.393. The van der Waals surface area contributed by atoms with E-state index in [-0.39, 0.29) is 29.7 Å². The van der Waals surface area contributed by atoms with Crippen LogP contribution >= 0.6 is 12.4 Å². The van der Waals surface area contributed by atoms with Crippen LogP contribution < -0.4 is 10.6 Å². The van der Waals surface area contributed by atoms with Crippen molar-refractivity contribution in [2.24, 2.45) is 0 Å². The van der Waals surface area contributed by atoms with Crippen molar-refractivity contribution in [3.8, 4) is 0 Å². The lowest BCUT2D eigenvalue weighted by molar-refractivity contribution is -0.385. The van der Waals surface area contributed by atoms with Gasteiger partial charge in [0.2, 0.25) is 0 Å². The number of nitrogens with one attached hydrogen (secondary N) is 2. The van der Waals surface area contributed by atoms with Crippen LogP contribution in [0.4, 0.5) is 5.69 Å². The fourth-order valence-corrected chi connectivity index (χ4v) is 2.07. The van der Waals surface area contributed by atoms with Crippen molar-refractivity contribution in [1.29, 1.82) is 0 Å². The van der Waals surface area contributed by atoms with Crippen LogP contribution in [0.5, 0.6) is 0 Å². The average molecular weight is 286 g/mol. The van der Waals surface area contributed by atoms with Gasteiger partial charge in [0.05, 0.1) is 4.92 Å². The number of benzene rings is 1. The zero-order valence-electron chi connectivity index (χ0n) is 10.3. The summed E-state index contributed by atoms with van der Waals surface area (Å²) in [6, 6.07) is 6.25. The molecule has 1 aromatic carbocycles. The molecule has 1 amide bonds. The van der Waals surface area contributed by atoms with E-state index in [4.69, 9.17) is 0 Å². The zero-order valence-corrected chi connectivity index (χ0v) is 11.1. The quantitative estimate of drug-likeness (QED) is 0.648. The molecule has 104 valence electrons. The van der Waals surface area contributed by atoms with Crippen LogP contribution in [-0.2, 0) is 0 Å². The van der Waals surface area contributed by atoms with Crippen molar-refractivity contribution in [1.82, 2.24) is 10.6 Å². The molecule has 0 radical (unpaired) electrons. The second-order valence-electron chi connectivity index (χ2n) is 4.28. The van der Waals surface area contributed by atoms with Gasteiger partial charge in [0, 0.05) is 18.7 Å². The number of hydrogen-bond donors (Lipinski definition) is 2. The number of halogens is 1. The van der Waals surface area contributed by atoms with E-state index in [1.165, 1.54) is 12.1 Å². The number of nitro benzene ring substituents is 1. The third-order valence-corrected chi connectivity index (χ3v) is 3.02. The fraction of sp³-hybridized carbons (Fsp3) is 0.417. The first kappa shape index (κ1) is 15.4. The second-order valence-corrected chi connectivity index (χ2v) is 4.28. The summed E-state index contributed by atoms with van der Waals surface area (Å²) in [6.07, 6.45) is 2.13. The van der Waals surface area contributed by atoms with Crippen LogP contribution in [0.25, 0.3) is 0 Å². The van der Waals surface area contributed by atoms with Crippen LogP contribution in [0.2, 0.25) is 0 Å². The molecular formula is C12H16ClN3O3. The highest BCUT2D eigenvalue weighted by Gasteiger charge is 2.20. The van der Waals surface area contributed by atoms with Crippen molar-refractivity contribution in [2.45, 2.75) is 18.9 Å². The van der Waals surface area contributed by atoms with E-state index in [9.17, 15) is 14.9 Å². The average Bonchev–Trinajstić information content (AvgIpc) is 2.89. The normalized spacial score (nSPS) is 17.6. The topological polar surface area (TPSA) is 84.3 Å². The molecule has 1 atom stereocenters. The third kappa shape index (κ3) is 3.90. The smallest absolute Gasteiger partial charge is 0.282 e. The number of hydrogen-bond acceptors (Lipinski definition) is 4. The number of nitrogens with zero attached hydrogens (tertiary/aromatic N) is 1. The minimum Gasteiger partial charge on any atom is -0.350 e. The standard InChI is InChI=1S/C12H15N3O3.ClH/c16-12(14-8-9-4-3-7-13-9)10-5-1-2-6-11(10)15(17)18;/h1-2,5-6,9,13H,3-4,7-8H2,(H,14,16);1H. The molecule has 7 heteroatoms. The maximum Gasteiger partial charge on any atom is 0.282 e. The first-order valence-electron chi connectivity index (χ1n) is 5.93. The number of rotatable bonds is 4. The van der Waals surface area contributed by atoms with Gasteiger partial charge in [-0.2, -0.15) is 0 Å². The molecule has 0 spiro atoms. The van der Waals surface area contributed by atoms with Gasteiger partial charge in [0.25, 0.3) is 11.6 Å². The van der Waals surface area contributed by atoms with Gasteiger partial charge in [-0.05, 0) is 25.5 Å². The molecule has 2 N–H and O–H groups in total. The molecule has 1 aliphatic heterocycles.